The fraction of sp³-hybridized carbons (Fsp3) is 0.545. The van der Waals surface area contributed by atoms with Gasteiger partial charge in [0, 0.05) is 9.99 Å². The SMILES string of the molecule is CCCC[C@H](NC=O)C(=O)N[C@@H](CC(C)C)C(=O)N[C@@H](Cc1ccccc1I)C(=O)O. The zero-order chi connectivity index (χ0) is 23.4. The summed E-state index contributed by atoms with van der Waals surface area (Å²) in [6, 6.07) is 4.60. The van der Waals surface area contributed by atoms with Crippen LogP contribution in [0.3, 0.4) is 0 Å². The first kappa shape index (κ1) is 26.9. The molecule has 0 spiro atoms. The lowest BCUT2D eigenvalue weighted by Crippen LogP contribution is -2.55. The fourth-order valence-electron chi connectivity index (χ4n) is 3.11. The van der Waals surface area contributed by atoms with Gasteiger partial charge >= 0.3 is 5.97 Å². The number of carboxylic acids is 1. The third kappa shape index (κ3) is 9.67. The quantitative estimate of drug-likeness (QED) is 0.211. The van der Waals surface area contributed by atoms with Crippen molar-refractivity contribution in [3.8, 4) is 0 Å². The molecule has 0 aliphatic rings. The normalized spacial score (nSPS) is 13.7. The molecule has 0 unspecified atom stereocenters. The Kier molecular flexibility index (Phi) is 12.1. The number of hydrogen-bond donors (Lipinski definition) is 4. The second kappa shape index (κ2) is 14.0. The van der Waals surface area contributed by atoms with E-state index in [2.05, 4.69) is 38.5 Å². The van der Waals surface area contributed by atoms with Crippen molar-refractivity contribution < 1.29 is 24.3 Å². The van der Waals surface area contributed by atoms with Crippen LogP contribution >= 0.6 is 22.6 Å². The summed E-state index contributed by atoms with van der Waals surface area (Å²) in [6.07, 6.45) is 3.01. The summed E-state index contributed by atoms with van der Waals surface area (Å²) < 4.78 is 0.909. The topological polar surface area (TPSA) is 125 Å². The molecule has 8 nitrogen and oxygen atoms in total. The molecule has 0 aromatic heterocycles. The molecule has 4 N–H and O–H groups in total. The minimum atomic E-state index is -1.15. The van der Waals surface area contributed by atoms with Crippen LogP contribution in [-0.2, 0) is 25.6 Å². The summed E-state index contributed by atoms with van der Waals surface area (Å²) >= 11 is 2.12. The van der Waals surface area contributed by atoms with Gasteiger partial charge in [-0.3, -0.25) is 14.4 Å². The van der Waals surface area contributed by atoms with Crippen LogP contribution < -0.4 is 16.0 Å². The van der Waals surface area contributed by atoms with Gasteiger partial charge in [0.05, 0.1) is 0 Å². The lowest BCUT2D eigenvalue weighted by Gasteiger charge is -2.25. The third-order valence-corrected chi connectivity index (χ3v) is 5.82. The Bertz CT molecular complexity index is 756. The number of carbonyl (C=O) groups excluding carboxylic acids is 3. The monoisotopic (exact) mass is 545 g/mol. The van der Waals surface area contributed by atoms with Crippen LogP contribution in [0, 0.1) is 9.49 Å². The highest BCUT2D eigenvalue weighted by atomic mass is 127. The van der Waals surface area contributed by atoms with Crippen LogP contribution in [0.5, 0.6) is 0 Å². The van der Waals surface area contributed by atoms with Crippen LogP contribution in [-0.4, -0.2) is 47.4 Å². The maximum Gasteiger partial charge on any atom is 0.326 e. The van der Waals surface area contributed by atoms with Gasteiger partial charge in [0.2, 0.25) is 18.2 Å². The molecule has 3 amide bonds. The Morgan fingerprint density at radius 1 is 1.06 bits per heavy atom. The fourth-order valence-corrected chi connectivity index (χ4v) is 3.72. The van der Waals surface area contributed by atoms with Gasteiger partial charge in [0.15, 0.2) is 0 Å². The minimum Gasteiger partial charge on any atom is -0.480 e. The van der Waals surface area contributed by atoms with Gasteiger partial charge in [0.1, 0.15) is 18.1 Å². The summed E-state index contributed by atoms with van der Waals surface area (Å²) in [5, 5.41) is 17.4. The molecule has 1 rings (SSSR count). The number of rotatable bonds is 14. The highest BCUT2D eigenvalue weighted by Crippen LogP contribution is 2.14. The van der Waals surface area contributed by atoms with E-state index in [1.54, 1.807) is 0 Å². The lowest BCUT2D eigenvalue weighted by molar-refractivity contribution is -0.142. The van der Waals surface area contributed by atoms with E-state index >= 15 is 0 Å². The third-order valence-electron chi connectivity index (χ3n) is 4.77. The Morgan fingerprint density at radius 2 is 1.68 bits per heavy atom. The van der Waals surface area contributed by atoms with Gasteiger partial charge in [-0.15, -0.1) is 0 Å². The largest absolute Gasteiger partial charge is 0.480 e. The van der Waals surface area contributed by atoms with Crippen molar-refractivity contribution in [2.45, 2.75) is 71.0 Å². The first-order chi connectivity index (χ1) is 14.7. The molecule has 0 bridgehead atoms. The molecule has 0 saturated carbocycles. The number of carbonyl (C=O) groups is 4. The van der Waals surface area contributed by atoms with E-state index < -0.39 is 35.9 Å². The first-order valence-corrected chi connectivity index (χ1v) is 11.5. The number of aliphatic carboxylic acids is 1. The molecule has 1 aromatic rings. The standard InChI is InChI=1S/C22H32IN3O5/c1-4-5-10-17(24-13-27)20(28)25-18(11-14(2)3)21(29)26-19(22(30)31)12-15-8-6-7-9-16(15)23/h6-9,13-14,17-19H,4-5,10-12H2,1-3H3,(H,24,27)(H,25,28)(H,26,29)(H,30,31)/t17-,18-,19-/m0/s1. The number of nitrogens with one attached hydrogen (secondary N) is 3. The van der Waals surface area contributed by atoms with Gasteiger partial charge in [-0.05, 0) is 53.0 Å². The molecule has 9 heteroatoms. The van der Waals surface area contributed by atoms with Gasteiger partial charge in [-0.1, -0.05) is 51.8 Å². The summed E-state index contributed by atoms with van der Waals surface area (Å²) in [7, 11) is 0. The van der Waals surface area contributed by atoms with E-state index in [-0.39, 0.29) is 12.3 Å². The molecule has 3 atom stereocenters. The molecule has 172 valence electrons. The molecular weight excluding hydrogens is 513 g/mol. The highest BCUT2D eigenvalue weighted by Gasteiger charge is 2.29. The predicted molar refractivity (Wildman–Crippen MR) is 126 cm³/mol. The number of amides is 3. The molecule has 0 saturated heterocycles. The highest BCUT2D eigenvalue weighted by molar-refractivity contribution is 14.1. The van der Waals surface area contributed by atoms with Crippen LogP contribution in [0.25, 0.3) is 0 Å². The number of unbranched alkanes of at least 4 members (excludes halogenated alkanes) is 1. The zero-order valence-electron chi connectivity index (χ0n) is 18.2. The maximum absolute atomic E-state index is 12.9. The number of halogens is 1. The van der Waals surface area contributed by atoms with Crippen molar-refractivity contribution in [3.63, 3.8) is 0 Å². The summed E-state index contributed by atoms with van der Waals surface area (Å²) in [5.74, 6) is -2.07. The zero-order valence-corrected chi connectivity index (χ0v) is 20.3. The second-order valence-electron chi connectivity index (χ2n) is 7.87. The van der Waals surface area contributed by atoms with Gasteiger partial charge in [-0.2, -0.15) is 0 Å². The lowest BCUT2D eigenvalue weighted by atomic mass is 10.0. The van der Waals surface area contributed by atoms with E-state index in [1.165, 1.54) is 0 Å². The maximum atomic E-state index is 12.9. The predicted octanol–water partition coefficient (Wildman–Crippen LogP) is 2.24. The Balaban J connectivity index is 2.93. The van der Waals surface area contributed by atoms with Crippen molar-refractivity contribution in [2.75, 3.05) is 0 Å². The second-order valence-corrected chi connectivity index (χ2v) is 9.03. The Labute approximate surface area is 197 Å². The minimum absolute atomic E-state index is 0.0857. The molecule has 0 aliphatic carbocycles. The number of benzene rings is 1. The van der Waals surface area contributed by atoms with Crippen molar-refractivity contribution in [1.82, 2.24) is 16.0 Å². The molecule has 1 aromatic carbocycles. The average molecular weight is 545 g/mol. The summed E-state index contributed by atoms with van der Waals surface area (Å²) in [5.41, 5.74) is 0.815. The molecule has 31 heavy (non-hydrogen) atoms. The van der Waals surface area contributed by atoms with Crippen molar-refractivity contribution >= 4 is 46.8 Å². The molecule has 0 fully saturated rings. The van der Waals surface area contributed by atoms with E-state index in [9.17, 15) is 24.3 Å². The van der Waals surface area contributed by atoms with E-state index in [1.807, 2.05) is 45.0 Å². The van der Waals surface area contributed by atoms with Crippen LogP contribution in [0.4, 0.5) is 0 Å². The Morgan fingerprint density at radius 3 is 2.23 bits per heavy atom. The average Bonchev–Trinajstić information content (AvgIpc) is 2.70. The number of hydrogen-bond acceptors (Lipinski definition) is 4. The molecule has 0 heterocycles. The summed E-state index contributed by atoms with van der Waals surface area (Å²) in [4.78, 5) is 48.2. The van der Waals surface area contributed by atoms with Gasteiger partial charge < -0.3 is 21.1 Å². The van der Waals surface area contributed by atoms with Crippen molar-refractivity contribution in [1.29, 1.82) is 0 Å². The molecule has 0 aliphatic heterocycles. The van der Waals surface area contributed by atoms with Gasteiger partial charge in [0.25, 0.3) is 0 Å². The smallest absolute Gasteiger partial charge is 0.326 e. The number of carboxylic acid groups (broad SMARTS) is 1. The molecule has 0 radical (unpaired) electrons. The van der Waals surface area contributed by atoms with Crippen LogP contribution in [0.2, 0.25) is 0 Å². The Hall–Kier alpha value is -2.17. The van der Waals surface area contributed by atoms with Gasteiger partial charge in [-0.25, -0.2) is 4.79 Å². The van der Waals surface area contributed by atoms with Crippen molar-refractivity contribution in [2.24, 2.45) is 5.92 Å². The summed E-state index contributed by atoms with van der Waals surface area (Å²) in [6.45, 7) is 5.79. The van der Waals surface area contributed by atoms with E-state index in [0.717, 1.165) is 22.0 Å². The van der Waals surface area contributed by atoms with Crippen LogP contribution in [0.1, 0.15) is 52.0 Å². The molecular formula is C22H32IN3O5. The first-order valence-electron chi connectivity index (χ1n) is 10.5. The van der Waals surface area contributed by atoms with Crippen LogP contribution in [0.15, 0.2) is 24.3 Å². The van der Waals surface area contributed by atoms with E-state index in [4.69, 9.17) is 0 Å². The van der Waals surface area contributed by atoms with Crippen molar-refractivity contribution in [3.05, 3.63) is 33.4 Å². The van der Waals surface area contributed by atoms with E-state index in [0.29, 0.717) is 19.3 Å².